The molecule has 0 aliphatic heterocycles. The maximum Gasteiger partial charge on any atom is 0.223 e. The average molecular weight is 295 g/mol. The molecule has 2 aromatic heterocycles. The predicted molar refractivity (Wildman–Crippen MR) is 84.2 cm³/mol. The van der Waals surface area contributed by atoms with Gasteiger partial charge in [0.25, 0.3) is 0 Å². The van der Waals surface area contributed by atoms with Crippen molar-refractivity contribution in [2.24, 2.45) is 7.05 Å². The number of aromatic nitrogens is 4. The van der Waals surface area contributed by atoms with E-state index in [1.807, 2.05) is 44.3 Å². The Labute approximate surface area is 128 Å². The molecule has 0 aliphatic carbocycles. The molecule has 2 heterocycles. The summed E-state index contributed by atoms with van der Waals surface area (Å²) in [6.45, 7) is 2.33. The van der Waals surface area contributed by atoms with Gasteiger partial charge >= 0.3 is 0 Å². The number of rotatable bonds is 4. The van der Waals surface area contributed by atoms with Crippen LogP contribution < -0.4 is 10.5 Å². The number of hydrogen-bond donors (Lipinski definition) is 1. The molecule has 112 valence electrons. The highest BCUT2D eigenvalue weighted by atomic mass is 16.5. The van der Waals surface area contributed by atoms with Crippen LogP contribution in [0, 0.1) is 6.92 Å². The zero-order valence-corrected chi connectivity index (χ0v) is 12.5. The minimum Gasteiger partial charge on any atom is -0.472 e. The van der Waals surface area contributed by atoms with Gasteiger partial charge in [0, 0.05) is 18.8 Å². The van der Waals surface area contributed by atoms with Crippen LogP contribution in [-0.2, 0) is 13.7 Å². The topological polar surface area (TPSA) is 78.8 Å². The van der Waals surface area contributed by atoms with Crippen LogP contribution in [-0.4, -0.2) is 19.7 Å². The first-order valence-corrected chi connectivity index (χ1v) is 6.94. The molecule has 0 atom stereocenters. The second kappa shape index (κ2) is 5.85. The number of nitrogen functional groups attached to an aromatic ring is 1. The molecule has 1 aromatic carbocycles. The van der Waals surface area contributed by atoms with E-state index >= 15 is 0 Å². The fourth-order valence-electron chi connectivity index (χ4n) is 2.19. The molecule has 2 N–H and O–H groups in total. The van der Waals surface area contributed by atoms with E-state index in [1.165, 1.54) is 0 Å². The molecule has 0 aliphatic rings. The Bertz CT molecular complexity index is 762. The first-order valence-electron chi connectivity index (χ1n) is 6.94. The maximum absolute atomic E-state index is 5.91. The van der Waals surface area contributed by atoms with Gasteiger partial charge in [0.1, 0.15) is 18.0 Å². The van der Waals surface area contributed by atoms with Crippen molar-refractivity contribution in [3.8, 4) is 17.3 Å². The third-order valence-corrected chi connectivity index (χ3v) is 3.22. The molecule has 0 saturated heterocycles. The summed E-state index contributed by atoms with van der Waals surface area (Å²) in [6, 6.07) is 11.7. The first-order chi connectivity index (χ1) is 10.6. The Balaban J connectivity index is 1.90. The van der Waals surface area contributed by atoms with Crippen molar-refractivity contribution in [3.05, 3.63) is 53.9 Å². The van der Waals surface area contributed by atoms with Gasteiger partial charge in [0.05, 0.1) is 6.20 Å². The van der Waals surface area contributed by atoms with Gasteiger partial charge in [0.2, 0.25) is 5.88 Å². The SMILES string of the molecule is Cc1cc(N)nc(-c2cnn(C)c2OCc2ccccc2)n1. The number of nitrogens with zero attached hydrogens (tertiary/aromatic N) is 4. The van der Waals surface area contributed by atoms with Crippen LogP contribution >= 0.6 is 0 Å². The Kier molecular flexibility index (Phi) is 3.74. The first kappa shape index (κ1) is 14.1. The maximum atomic E-state index is 5.91. The highest BCUT2D eigenvalue weighted by Crippen LogP contribution is 2.28. The van der Waals surface area contributed by atoms with Gasteiger partial charge in [-0.05, 0) is 12.5 Å². The lowest BCUT2D eigenvalue weighted by Gasteiger charge is -2.09. The highest BCUT2D eigenvalue weighted by molar-refractivity contribution is 5.62. The van der Waals surface area contributed by atoms with Crippen LogP contribution in [0.25, 0.3) is 11.4 Å². The molecule has 6 heteroatoms. The number of aryl methyl sites for hydroxylation is 2. The number of benzene rings is 1. The van der Waals surface area contributed by atoms with Gasteiger partial charge in [-0.15, -0.1) is 0 Å². The van der Waals surface area contributed by atoms with E-state index in [9.17, 15) is 0 Å². The summed E-state index contributed by atoms with van der Waals surface area (Å²) in [6.07, 6.45) is 1.69. The van der Waals surface area contributed by atoms with Crippen LogP contribution in [0.5, 0.6) is 5.88 Å². The summed E-state index contributed by atoms with van der Waals surface area (Å²) in [5.74, 6) is 1.57. The van der Waals surface area contributed by atoms with Crippen LogP contribution in [0.2, 0.25) is 0 Å². The minimum absolute atomic E-state index is 0.431. The number of ether oxygens (including phenoxy) is 1. The largest absolute Gasteiger partial charge is 0.472 e. The molecule has 0 unspecified atom stereocenters. The normalized spacial score (nSPS) is 10.6. The Morgan fingerprint density at radius 3 is 2.68 bits per heavy atom. The quantitative estimate of drug-likeness (QED) is 0.799. The molecule has 0 spiro atoms. The van der Waals surface area contributed by atoms with Gasteiger partial charge in [-0.3, -0.25) is 0 Å². The molecule has 0 amide bonds. The number of anilines is 1. The molecular weight excluding hydrogens is 278 g/mol. The van der Waals surface area contributed by atoms with Gasteiger partial charge < -0.3 is 10.5 Å². The van der Waals surface area contributed by atoms with Gasteiger partial charge in [0.15, 0.2) is 5.82 Å². The van der Waals surface area contributed by atoms with Gasteiger partial charge in [-0.25, -0.2) is 14.6 Å². The second-order valence-corrected chi connectivity index (χ2v) is 5.02. The van der Waals surface area contributed by atoms with E-state index < -0.39 is 0 Å². The molecule has 6 nitrogen and oxygen atoms in total. The third kappa shape index (κ3) is 2.90. The van der Waals surface area contributed by atoms with E-state index in [0.717, 1.165) is 16.8 Å². The molecule has 3 aromatic rings. The van der Waals surface area contributed by atoms with Gasteiger partial charge in [-0.1, -0.05) is 30.3 Å². The molecule has 0 fully saturated rings. The van der Waals surface area contributed by atoms with Crippen LogP contribution in [0.15, 0.2) is 42.6 Å². The van der Waals surface area contributed by atoms with E-state index in [1.54, 1.807) is 16.9 Å². The van der Waals surface area contributed by atoms with Crippen molar-refractivity contribution in [2.45, 2.75) is 13.5 Å². The van der Waals surface area contributed by atoms with Crippen molar-refractivity contribution in [1.29, 1.82) is 0 Å². The lowest BCUT2D eigenvalue weighted by molar-refractivity contribution is 0.280. The summed E-state index contributed by atoms with van der Waals surface area (Å²) in [4.78, 5) is 8.68. The molecule has 3 rings (SSSR count). The minimum atomic E-state index is 0.431. The van der Waals surface area contributed by atoms with E-state index in [-0.39, 0.29) is 0 Å². The predicted octanol–water partition coefficient (Wildman–Crippen LogP) is 2.35. The summed E-state index contributed by atoms with van der Waals surface area (Å²) in [5, 5.41) is 4.24. The van der Waals surface area contributed by atoms with Crippen LogP contribution in [0.4, 0.5) is 5.82 Å². The van der Waals surface area contributed by atoms with E-state index in [0.29, 0.717) is 24.1 Å². The lowest BCUT2D eigenvalue weighted by Crippen LogP contribution is -2.03. The van der Waals surface area contributed by atoms with Crippen LogP contribution in [0.3, 0.4) is 0 Å². The fraction of sp³-hybridized carbons (Fsp3) is 0.188. The van der Waals surface area contributed by atoms with Crippen molar-refractivity contribution >= 4 is 5.82 Å². The number of hydrogen-bond acceptors (Lipinski definition) is 5. The zero-order valence-electron chi connectivity index (χ0n) is 12.5. The number of nitrogens with two attached hydrogens (primary N) is 1. The molecule has 0 bridgehead atoms. The standard InChI is InChI=1S/C16H17N5O/c1-11-8-14(17)20-15(19-11)13-9-18-21(2)16(13)22-10-12-6-4-3-5-7-12/h3-9H,10H2,1-2H3,(H2,17,19,20). The summed E-state index contributed by atoms with van der Waals surface area (Å²) in [7, 11) is 1.82. The second-order valence-electron chi connectivity index (χ2n) is 5.02. The third-order valence-electron chi connectivity index (χ3n) is 3.22. The Hall–Kier alpha value is -2.89. The Morgan fingerprint density at radius 1 is 1.18 bits per heavy atom. The summed E-state index contributed by atoms with van der Waals surface area (Å²) >= 11 is 0. The zero-order chi connectivity index (χ0) is 15.5. The smallest absolute Gasteiger partial charge is 0.223 e. The van der Waals surface area contributed by atoms with Crippen LogP contribution in [0.1, 0.15) is 11.3 Å². The molecule has 0 saturated carbocycles. The average Bonchev–Trinajstić information content (AvgIpc) is 2.86. The highest BCUT2D eigenvalue weighted by Gasteiger charge is 2.15. The van der Waals surface area contributed by atoms with Gasteiger partial charge in [-0.2, -0.15) is 5.10 Å². The summed E-state index contributed by atoms with van der Waals surface area (Å²) in [5.41, 5.74) is 8.42. The fourth-order valence-corrected chi connectivity index (χ4v) is 2.19. The van der Waals surface area contributed by atoms with Crippen molar-refractivity contribution in [1.82, 2.24) is 19.7 Å². The molecular formula is C16H17N5O. The van der Waals surface area contributed by atoms with Crippen molar-refractivity contribution in [2.75, 3.05) is 5.73 Å². The van der Waals surface area contributed by atoms with Crippen molar-refractivity contribution < 1.29 is 4.74 Å². The Morgan fingerprint density at radius 2 is 1.95 bits per heavy atom. The monoisotopic (exact) mass is 295 g/mol. The van der Waals surface area contributed by atoms with E-state index in [2.05, 4.69) is 15.1 Å². The van der Waals surface area contributed by atoms with E-state index in [4.69, 9.17) is 10.5 Å². The van der Waals surface area contributed by atoms with Crippen molar-refractivity contribution in [3.63, 3.8) is 0 Å². The summed E-state index contributed by atoms with van der Waals surface area (Å²) < 4.78 is 7.57. The molecule has 0 radical (unpaired) electrons. The lowest BCUT2D eigenvalue weighted by atomic mass is 10.2. The molecule has 22 heavy (non-hydrogen) atoms.